The Labute approximate surface area is 279 Å². The first-order valence-electron chi connectivity index (χ1n) is 15.6. The Morgan fingerprint density at radius 2 is 0.930 bits per heavy atom. The first-order chi connectivity index (χ1) is 19.9. The van der Waals surface area contributed by atoms with E-state index in [9.17, 15) is 0 Å². The number of allylic oxidation sites excluding steroid dienone is 2. The molecule has 0 aliphatic heterocycles. The van der Waals surface area contributed by atoms with Crippen molar-refractivity contribution in [1.29, 1.82) is 0 Å². The molecule has 2 atom stereocenters. The summed E-state index contributed by atoms with van der Waals surface area (Å²) >= 11 is -2.84. The SMILES string of the molecule is CC1=Cc2c(-c3ccccc3)cccc2[CH]1[Hf]([CH3])([SiH3])[CH]1C(C)=Cc2c(-c3ccccc3)cccc21.CCCCCC.Cl.Cl. The molecule has 2 unspecified atom stereocenters. The molecule has 0 nitrogen and oxygen atoms in total. The third-order valence-corrected chi connectivity index (χ3v) is 34.8. The van der Waals surface area contributed by atoms with Gasteiger partial charge < -0.3 is 0 Å². The van der Waals surface area contributed by atoms with Crippen molar-refractivity contribution < 1.29 is 19.1 Å². The van der Waals surface area contributed by atoms with Gasteiger partial charge in [-0.2, -0.15) is 0 Å². The molecule has 0 bridgehead atoms. The van der Waals surface area contributed by atoms with Crippen LogP contribution in [0.5, 0.6) is 0 Å². The number of benzene rings is 4. The van der Waals surface area contributed by atoms with E-state index in [4.69, 9.17) is 0 Å². The van der Waals surface area contributed by atoms with Crippen LogP contribution in [0.1, 0.15) is 83.0 Å². The van der Waals surface area contributed by atoms with E-state index < -0.39 is 19.1 Å². The fourth-order valence-electron chi connectivity index (χ4n) is 7.49. The first-order valence-corrected chi connectivity index (χ1v) is 35.1. The van der Waals surface area contributed by atoms with Gasteiger partial charge in [0.1, 0.15) is 0 Å². The van der Waals surface area contributed by atoms with E-state index in [0.717, 1.165) is 0 Å². The number of fused-ring (bicyclic) bond motifs is 2. The van der Waals surface area contributed by atoms with Crippen LogP contribution in [0.3, 0.4) is 0 Å². The summed E-state index contributed by atoms with van der Waals surface area (Å²) in [5.41, 5.74) is 14.8. The molecule has 4 heteroatoms. The first kappa shape index (κ1) is 35.5. The van der Waals surface area contributed by atoms with Crippen LogP contribution >= 0.6 is 24.8 Å². The van der Waals surface area contributed by atoms with Crippen molar-refractivity contribution in [3.8, 4) is 22.3 Å². The smallest absolute Gasteiger partial charge is 0.0536 e. The molecular weight excluding hydrogens is 746 g/mol. The molecule has 4 aromatic rings. The van der Waals surface area contributed by atoms with Gasteiger partial charge in [-0.3, -0.25) is 0 Å². The minimum absolute atomic E-state index is 0. The Morgan fingerprint density at radius 1 is 0.558 bits per heavy atom. The summed E-state index contributed by atoms with van der Waals surface area (Å²) in [5.74, 6) is 0. The molecule has 0 radical (unpaired) electrons. The predicted molar refractivity (Wildman–Crippen MR) is 197 cm³/mol. The Balaban J connectivity index is 0.000000578. The van der Waals surface area contributed by atoms with E-state index in [2.05, 4.69) is 142 Å². The second kappa shape index (κ2) is 15.8. The van der Waals surface area contributed by atoms with Gasteiger partial charge in [-0.1, -0.05) is 39.5 Å². The van der Waals surface area contributed by atoms with Gasteiger partial charge in [0, 0.05) is 0 Å². The monoisotopic (exact) mass is 794 g/mol. The van der Waals surface area contributed by atoms with Gasteiger partial charge >= 0.3 is 217 Å². The Morgan fingerprint density at radius 3 is 1.28 bits per heavy atom. The molecule has 0 spiro atoms. The van der Waals surface area contributed by atoms with Crippen molar-refractivity contribution >= 4 is 44.4 Å². The molecule has 2 aliphatic carbocycles. The van der Waals surface area contributed by atoms with E-state index >= 15 is 0 Å². The Hall–Kier alpha value is -1.97. The Kier molecular flexibility index (Phi) is 13.1. The van der Waals surface area contributed by atoms with Crippen LogP contribution in [0.2, 0.25) is 4.68 Å². The van der Waals surface area contributed by atoms with Gasteiger partial charge in [-0.25, -0.2) is 0 Å². The maximum atomic E-state index is 2.76. The average molecular weight is 794 g/mol. The number of hydrogen-bond donors (Lipinski definition) is 0. The summed E-state index contributed by atoms with van der Waals surface area (Å²) in [6.07, 6.45) is 10.6. The molecule has 0 saturated heterocycles. The van der Waals surface area contributed by atoms with E-state index in [0.29, 0.717) is 7.35 Å². The van der Waals surface area contributed by atoms with Crippen molar-refractivity contribution in [2.24, 2.45) is 0 Å². The zero-order valence-corrected chi connectivity index (χ0v) is 33.9. The van der Waals surface area contributed by atoms with Gasteiger partial charge in [0.05, 0.1) is 0 Å². The molecule has 0 N–H and O–H groups in total. The van der Waals surface area contributed by atoms with Crippen molar-refractivity contribution in [3.05, 3.63) is 130 Å². The molecule has 0 aromatic heterocycles. The molecule has 0 saturated carbocycles. The topological polar surface area (TPSA) is 0 Å². The summed E-state index contributed by atoms with van der Waals surface area (Å²) in [7, 11) is 1.32. The second-order valence-corrected chi connectivity index (χ2v) is 47.4. The van der Waals surface area contributed by atoms with E-state index in [1.54, 1.807) is 22.3 Å². The van der Waals surface area contributed by atoms with Crippen molar-refractivity contribution in [2.75, 3.05) is 0 Å². The molecule has 4 aromatic carbocycles. The van der Waals surface area contributed by atoms with Crippen LogP contribution in [-0.4, -0.2) is 7.43 Å². The molecule has 0 amide bonds. The average Bonchev–Trinajstić information content (AvgIpc) is 3.53. The second-order valence-electron chi connectivity index (χ2n) is 12.5. The summed E-state index contributed by atoms with van der Waals surface area (Å²) in [4.78, 5) is 0. The summed E-state index contributed by atoms with van der Waals surface area (Å²) < 4.78 is 4.08. The van der Waals surface area contributed by atoms with E-state index in [1.807, 2.05) is 0 Å². The van der Waals surface area contributed by atoms with E-state index in [-0.39, 0.29) is 24.8 Å². The maximum Gasteiger partial charge on any atom is -0.0536 e. The Bertz CT molecular complexity index is 1440. The number of halogens is 2. The van der Waals surface area contributed by atoms with Gasteiger partial charge in [0.2, 0.25) is 0 Å². The van der Waals surface area contributed by atoms with E-state index in [1.165, 1.54) is 66.5 Å². The van der Waals surface area contributed by atoms with Crippen LogP contribution in [0.4, 0.5) is 0 Å². The standard InChI is InChI=1S/2C16H13.C6H14.CH3.2ClH.Hf.H3Si/c2*1-12-10-14-8-5-9-15(16(14)11-12)13-6-3-2-4-7-13;1-3-5-6-4-2;;;;;/h2*2-11H,1H3;3-6H2,1-2H3;1H3;2*1H;;1H3. The molecule has 6 rings (SSSR count). The molecule has 0 fully saturated rings. The largest absolute Gasteiger partial charge is 0.147 e. The van der Waals surface area contributed by atoms with Gasteiger partial charge in [-0.15, -0.1) is 24.8 Å². The molecule has 2 aliphatic rings. The van der Waals surface area contributed by atoms with Crippen LogP contribution in [0.15, 0.2) is 108 Å². The van der Waals surface area contributed by atoms with Crippen LogP contribution in [-0.2, 0) is 19.1 Å². The van der Waals surface area contributed by atoms with Crippen LogP contribution in [0, 0.1) is 0 Å². The van der Waals surface area contributed by atoms with Crippen molar-refractivity contribution in [3.63, 3.8) is 0 Å². The third-order valence-electron chi connectivity index (χ3n) is 9.17. The normalized spacial score (nSPS) is 17.6. The van der Waals surface area contributed by atoms with Crippen molar-refractivity contribution in [2.45, 2.75) is 65.4 Å². The minimum atomic E-state index is -2.84. The zero-order chi connectivity index (χ0) is 29.0. The maximum absolute atomic E-state index is 2.84. The number of unbranched alkanes of at least 4 members (excludes halogenated alkanes) is 3. The molecule has 0 heterocycles. The van der Waals surface area contributed by atoms with Gasteiger partial charge in [0.15, 0.2) is 0 Å². The fourth-order valence-corrected chi connectivity index (χ4v) is 37.8. The van der Waals surface area contributed by atoms with Gasteiger partial charge in [0.25, 0.3) is 0 Å². The summed E-state index contributed by atoms with van der Waals surface area (Å²) in [6.45, 7) is 9.28. The van der Waals surface area contributed by atoms with Crippen LogP contribution < -0.4 is 0 Å². The van der Waals surface area contributed by atoms with Crippen LogP contribution in [0.25, 0.3) is 34.4 Å². The zero-order valence-electron chi connectivity index (χ0n) is 26.7. The summed E-state index contributed by atoms with van der Waals surface area (Å²) in [6, 6.07) is 35.9. The minimum Gasteiger partial charge on any atom is -0.147 e. The molecular formula is C39H48Cl2HfSi. The number of hydrogen-bond acceptors (Lipinski definition) is 0. The molecule has 43 heavy (non-hydrogen) atoms. The fraction of sp³-hybridized carbons (Fsp3) is 0.282. The molecule has 226 valence electrons. The number of rotatable bonds is 7. The quantitative estimate of drug-likeness (QED) is 0.129. The van der Waals surface area contributed by atoms with Gasteiger partial charge in [-0.05, 0) is 0 Å². The predicted octanol–water partition coefficient (Wildman–Crippen LogP) is 11.5. The van der Waals surface area contributed by atoms with Crippen molar-refractivity contribution in [1.82, 2.24) is 0 Å². The summed E-state index contributed by atoms with van der Waals surface area (Å²) in [5, 5.41) is 0. The third kappa shape index (κ3) is 7.30.